The van der Waals surface area contributed by atoms with E-state index in [0.717, 1.165) is 16.7 Å². The van der Waals surface area contributed by atoms with Crippen molar-refractivity contribution in [1.29, 1.82) is 0 Å². The molecule has 0 aromatic carbocycles. The van der Waals surface area contributed by atoms with Crippen LogP contribution in [0.25, 0.3) is 0 Å². The molecule has 0 aliphatic carbocycles. The molecular weight excluding hydrogens is 288 g/mol. The van der Waals surface area contributed by atoms with Crippen molar-refractivity contribution in [2.24, 2.45) is 11.7 Å². The SMILES string of the molecule is C[C@H](N)C(=O)OCC1=C(C(=O)O)N2C(=O)[C@H](CO)[C@H]2S1. The summed E-state index contributed by atoms with van der Waals surface area (Å²) in [6.45, 7) is 0.868. The van der Waals surface area contributed by atoms with E-state index in [0.29, 0.717) is 0 Å². The zero-order valence-corrected chi connectivity index (χ0v) is 11.4. The van der Waals surface area contributed by atoms with E-state index in [1.165, 1.54) is 6.92 Å². The lowest BCUT2D eigenvalue weighted by Crippen LogP contribution is -2.58. The predicted octanol–water partition coefficient (Wildman–Crippen LogP) is -1.30. The van der Waals surface area contributed by atoms with Gasteiger partial charge in [0.05, 0.1) is 17.4 Å². The number of hydrogen-bond acceptors (Lipinski definition) is 7. The van der Waals surface area contributed by atoms with Crippen molar-refractivity contribution in [3.05, 3.63) is 10.6 Å². The highest BCUT2D eigenvalue weighted by atomic mass is 32.2. The fourth-order valence-corrected chi connectivity index (χ4v) is 3.39. The summed E-state index contributed by atoms with van der Waals surface area (Å²) < 4.78 is 4.89. The van der Waals surface area contributed by atoms with Gasteiger partial charge < -0.3 is 20.7 Å². The van der Waals surface area contributed by atoms with Crippen LogP contribution in [0.4, 0.5) is 0 Å². The summed E-state index contributed by atoms with van der Waals surface area (Å²) in [5.41, 5.74) is 5.15. The maximum absolute atomic E-state index is 11.7. The number of fused-ring (bicyclic) bond motifs is 1. The molecule has 4 N–H and O–H groups in total. The number of nitrogens with zero attached hydrogens (tertiary/aromatic N) is 1. The number of hydrogen-bond donors (Lipinski definition) is 3. The normalized spacial score (nSPS) is 26.1. The third-order valence-corrected chi connectivity index (χ3v) is 4.41. The third-order valence-electron chi connectivity index (χ3n) is 3.04. The van der Waals surface area contributed by atoms with Gasteiger partial charge in [0.1, 0.15) is 23.7 Å². The number of esters is 1. The summed E-state index contributed by atoms with van der Waals surface area (Å²) in [7, 11) is 0. The summed E-state index contributed by atoms with van der Waals surface area (Å²) in [4.78, 5) is 35.6. The predicted molar refractivity (Wildman–Crippen MR) is 68.1 cm³/mol. The van der Waals surface area contributed by atoms with Gasteiger partial charge in [-0.3, -0.25) is 14.5 Å². The van der Waals surface area contributed by atoms with E-state index in [1.54, 1.807) is 0 Å². The first-order valence-corrected chi connectivity index (χ1v) is 6.75. The molecule has 0 bridgehead atoms. The topological polar surface area (TPSA) is 130 Å². The van der Waals surface area contributed by atoms with Crippen LogP contribution >= 0.6 is 11.8 Å². The van der Waals surface area contributed by atoms with Crippen molar-refractivity contribution in [2.75, 3.05) is 13.2 Å². The molecule has 2 aliphatic rings. The van der Waals surface area contributed by atoms with Gasteiger partial charge in [-0.05, 0) is 6.92 Å². The molecule has 0 aromatic heterocycles. The molecule has 1 fully saturated rings. The second-order valence-corrected chi connectivity index (χ2v) is 5.69. The molecule has 8 nitrogen and oxygen atoms in total. The Labute approximate surface area is 118 Å². The summed E-state index contributed by atoms with van der Waals surface area (Å²) in [5.74, 6) is -2.97. The van der Waals surface area contributed by atoms with Crippen LogP contribution in [-0.4, -0.2) is 57.6 Å². The number of aliphatic hydroxyl groups excluding tert-OH is 1. The number of β-lactam (4-membered cyclic amide) rings is 1. The molecule has 9 heteroatoms. The molecular formula is C11H14N2O6S. The molecule has 3 atom stereocenters. The largest absolute Gasteiger partial charge is 0.477 e. The van der Waals surface area contributed by atoms with Crippen LogP contribution in [0, 0.1) is 5.92 Å². The average molecular weight is 302 g/mol. The van der Waals surface area contributed by atoms with E-state index < -0.39 is 35.2 Å². The lowest BCUT2D eigenvalue weighted by molar-refractivity contribution is -0.153. The van der Waals surface area contributed by atoms with Crippen LogP contribution in [0.3, 0.4) is 0 Å². The molecule has 1 saturated heterocycles. The highest BCUT2D eigenvalue weighted by Crippen LogP contribution is 2.48. The van der Waals surface area contributed by atoms with Crippen molar-refractivity contribution in [1.82, 2.24) is 4.90 Å². The summed E-state index contributed by atoms with van der Waals surface area (Å²) in [6, 6.07) is -0.806. The minimum atomic E-state index is -1.27. The Balaban J connectivity index is 2.13. The standard InChI is InChI=1S/C11H14N2O6S/c1-4(12)11(18)19-3-6-7(10(16)17)13-8(15)5(2-14)9(13)20-6/h4-5,9,14H,2-3,12H2,1H3,(H,16,17)/t4-,5-,9+/m0/s1. The van der Waals surface area contributed by atoms with Crippen molar-refractivity contribution < 1.29 is 29.3 Å². The van der Waals surface area contributed by atoms with Crippen LogP contribution in [-0.2, 0) is 19.1 Å². The molecule has 1 amide bonds. The van der Waals surface area contributed by atoms with Gasteiger partial charge in [-0.2, -0.15) is 0 Å². The molecule has 2 rings (SSSR count). The second-order valence-electron chi connectivity index (χ2n) is 4.48. The highest BCUT2D eigenvalue weighted by molar-refractivity contribution is 8.04. The maximum atomic E-state index is 11.7. The number of carbonyl (C=O) groups excluding carboxylic acids is 2. The summed E-state index contributed by atoms with van der Waals surface area (Å²) in [5, 5.41) is 17.8. The smallest absolute Gasteiger partial charge is 0.353 e. The number of thioether (sulfide) groups is 1. The number of carbonyl (C=O) groups is 3. The monoisotopic (exact) mass is 302 g/mol. The first-order chi connectivity index (χ1) is 9.38. The molecule has 0 radical (unpaired) electrons. The first kappa shape index (κ1) is 14.8. The molecule has 110 valence electrons. The molecule has 0 unspecified atom stereocenters. The fraction of sp³-hybridized carbons (Fsp3) is 0.545. The number of ether oxygens (including phenoxy) is 1. The minimum Gasteiger partial charge on any atom is -0.477 e. The van der Waals surface area contributed by atoms with Gasteiger partial charge in [0.15, 0.2) is 0 Å². The number of aliphatic carboxylic acids is 1. The van der Waals surface area contributed by atoms with Gasteiger partial charge in [0.2, 0.25) is 5.91 Å². The molecule has 2 heterocycles. The lowest BCUT2D eigenvalue weighted by atomic mass is 9.98. The fourth-order valence-electron chi connectivity index (χ4n) is 1.99. The van der Waals surface area contributed by atoms with E-state index in [2.05, 4.69) is 0 Å². The van der Waals surface area contributed by atoms with Crippen LogP contribution in [0.5, 0.6) is 0 Å². The third kappa shape index (κ3) is 2.28. The van der Waals surface area contributed by atoms with Gasteiger partial charge in [-0.1, -0.05) is 11.8 Å². The van der Waals surface area contributed by atoms with E-state index in [9.17, 15) is 14.4 Å². The Morgan fingerprint density at radius 2 is 2.20 bits per heavy atom. The van der Waals surface area contributed by atoms with Gasteiger partial charge in [0, 0.05) is 0 Å². The number of carboxylic acid groups (broad SMARTS) is 1. The Morgan fingerprint density at radius 3 is 2.70 bits per heavy atom. The maximum Gasteiger partial charge on any atom is 0.353 e. The Morgan fingerprint density at radius 1 is 1.55 bits per heavy atom. The summed E-state index contributed by atoms with van der Waals surface area (Å²) >= 11 is 1.11. The van der Waals surface area contributed by atoms with E-state index in [-0.39, 0.29) is 23.8 Å². The van der Waals surface area contributed by atoms with Crippen LogP contribution < -0.4 is 5.73 Å². The van der Waals surface area contributed by atoms with E-state index in [1.807, 2.05) is 0 Å². The number of nitrogens with two attached hydrogens (primary N) is 1. The van der Waals surface area contributed by atoms with Gasteiger partial charge in [-0.15, -0.1) is 0 Å². The van der Waals surface area contributed by atoms with Crippen LogP contribution in [0.15, 0.2) is 10.6 Å². The van der Waals surface area contributed by atoms with Crippen LogP contribution in [0.2, 0.25) is 0 Å². The van der Waals surface area contributed by atoms with Crippen molar-refractivity contribution in [3.8, 4) is 0 Å². The van der Waals surface area contributed by atoms with Crippen molar-refractivity contribution in [2.45, 2.75) is 18.3 Å². The van der Waals surface area contributed by atoms with Crippen molar-refractivity contribution >= 4 is 29.6 Å². The number of carboxylic acids is 1. The number of rotatable bonds is 5. The molecule has 0 aromatic rings. The van der Waals surface area contributed by atoms with Gasteiger partial charge in [0.25, 0.3) is 0 Å². The molecule has 0 saturated carbocycles. The quantitative estimate of drug-likeness (QED) is 0.422. The zero-order valence-electron chi connectivity index (χ0n) is 10.6. The van der Waals surface area contributed by atoms with Gasteiger partial charge in [-0.25, -0.2) is 4.79 Å². The molecule has 20 heavy (non-hydrogen) atoms. The zero-order chi connectivity index (χ0) is 15.0. The summed E-state index contributed by atoms with van der Waals surface area (Å²) in [6.07, 6.45) is 0. The highest BCUT2D eigenvalue weighted by Gasteiger charge is 2.55. The molecule has 2 aliphatic heterocycles. The second kappa shape index (κ2) is 5.43. The first-order valence-electron chi connectivity index (χ1n) is 5.87. The van der Waals surface area contributed by atoms with Crippen LogP contribution in [0.1, 0.15) is 6.92 Å². The van der Waals surface area contributed by atoms with Crippen molar-refractivity contribution in [3.63, 3.8) is 0 Å². The van der Waals surface area contributed by atoms with E-state index >= 15 is 0 Å². The Hall–Kier alpha value is -1.58. The Bertz CT molecular complexity index is 503. The lowest BCUT2D eigenvalue weighted by Gasteiger charge is -2.41. The minimum absolute atomic E-state index is 0.188. The number of aliphatic hydroxyl groups is 1. The average Bonchev–Trinajstić information content (AvgIpc) is 2.71. The number of amides is 1. The Kier molecular flexibility index (Phi) is 4.02. The molecule has 0 spiro atoms. The van der Waals surface area contributed by atoms with E-state index in [4.69, 9.17) is 20.7 Å². The van der Waals surface area contributed by atoms with Gasteiger partial charge >= 0.3 is 11.9 Å².